The molecule has 1 unspecified atom stereocenters. The summed E-state index contributed by atoms with van der Waals surface area (Å²) in [6.07, 6.45) is 0.751. The smallest absolute Gasteiger partial charge is 0.251 e. The Morgan fingerprint density at radius 2 is 1.88 bits per heavy atom. The van der Waals surface area contributed by atoms with Crippen LogP contribution in [0.1, 0.15) is 35.1 Å². The molecule has 0 aliphatic rings. The third-order valence-electron chi connectivity index (χ3n) is 3.24. The van der Waals surface area contributed by atoms with Gasteiger partial charge in [-0.15, -0.1) is 0 Å². The number of benzene rings is 1. The molecular formula is C18H29N3O3S2. The fourth-order valence-electron chi connectivity index (χ4n) is 1.98. The second-order valence-corrected chi connectivity index (χ2v) is 8.75. The lowest BCUT2D eigenvalue weighted by molar-refractivity contribution is -0.111. The molecule has 1 aromatic carbocycles. The topological polar surface area (TPSA) is 79.5 Å². The molecule has 1 atom stereocenters. The molecule has 1 rings (SSSR count). The number of carbonyl (C=O) groups is 2. The van der Waals surface area contributed by atoms with Gasteiger partial charge in [0.1, 0.15) is 12.9 Å². The molecule has 0 radical (unpaired) electrons. The summed E-state index contributed by atoms with van der Waals surface area (Å²) in [7, 11) is 5.40. The van der Waals surface area contributed by atoms with Crippen molar-refractivity contribution in [3.8, 4) is 0 Å². The summed E-state index contributed by atoms with van der Waals surface area (Å²) in [6, 6.07) is 7.65. The molecule has 0 aliphatic heterocycles. The lowest BCUT2D eigenvalue weighted by atomic mass is 10.1. The number of hydrogen-bond donors (Lipinski definition) is 3. The van der Waals surface area contributed by atoms with E-state index in [-0.39, 0.29) is 17.9 Å². The van der Waals surface area contributed by atoms with E-state index in [1.807, 2.05) is 31.3 Å². The minimum atomic E-state index is -0.0669. The van der Waals surface area contributed by atoms with Crippen LogP contribution in [0.25, 0.3) is 0 Å². The first-order valence-electron chi connectivity index (χ1n) is 8.68. The van der Waals surface area contributed by atoms with Crippen LogP contribution in [0.15, 0.2) is 24.3 Å². The zero-order valence-corrected chi connectivity index (χ0v) is 17.3. The number of rotatable bonds is 14. The summed E-state index contributed by atoms with van der Waals surface area (Å²) in [5, 5.41) is 9.89. The van der Waals surface area contributed by atoms with Crippen molar-refractivity contribution in [1.29, 1.82) is 0 Å². The van der Waals surface area contributed by atoms with Crippen LogP contribution in [0.2, 0.25) is 0 Å². The lowest BCUT2D eigenvalue weighted by Gasteiger charge is -2.19. The van der Waals surface area contributed by atoms with Crippen LogP contribution in [0.5, 0.6) is 0 Å². The van der Waals surface area contributed by atoms with Gasteiger partial charge < -0.3 is 20.2 Å². The van der Waals surface area contributed by atoms with Gasteiger partial charge in [-0.25, -0.2) is 0 Å². The average Bonchev–Trinajstić information content (AvgIpc) is 2.64. The van der Waals surface area contributed by atoms with Crippen LogP contribution >= 0.6 is 21.6 Å². The number of hydrogen-bond acceptors (Lipinski definition) is 7. The Kier molecular flexibility index (Phi) is 12.4. The van der Waals surface area contributed by atoms with Gasteiger partial charge in [0.15, 0.2) is 0 Å². The van der Waals surface area contributed by atoms with Gasteiger partial charge >= 0.3 is 0 Å². The van der Waals surface area contributed by atoms with Gasteiger partial charge in [-0.1, -0.05) is 47.6 Å². The number of likely N-dealkylation sites (N-methyl/N-ethyl adjacent to an activating group) is 1. The highest BCUT2D eigenvalue weighted by Crippen LogP contribution is 2.38. The standard InChI is InChI=1S/C18H29N3O3S2/c1-14(2)25-26-18(21-10-12-24-13-11-22)16-6-4-15(5-7-16)17(23)20-9-8-19-3/h4-7,11,14,18-19,21H,8-10,12-13H2,1-3H3,(H,20,23). The molecule has 1 amide bonds. The maximum Gasteiger partial charge on any atom is 0.251 e. The third kappa shape index (κ3) is 9.59. The molecule has 1 aromatic rings. The van der Waals surface area contributed by atoms with E-state index < -0.39 is 0 Å². The van der Waals surface area contributed by atoms with Crippen LogP contribution in [-0.4, -0.2) is 57.3 Å². The maximum absolute atomic E-state index is 12.1. The molecule has 0 spiro atoms. The Morgan fingerprint density at radius 3 is 2.50 bits per heavy atom. The molecule has 0 aromatic heterocycles. The van der Waals surface area contributed by atoms with E-state index in [2.05, 4.69) is 29.8 Å². The second kappa shape index (κ2) is 14.1. The number of ether oxygens (including phenoxy) is 1. The zero-order valence-electron chi connectivity index (χ0n) is 15.6. The zero-order chi connectivity index (χ0) is 19.2. The maximum atomic E-state index is 12.1. The van der Waals surface area contributed by atoms with Crippen molar-refractivity contribution >= 4 is 33.8 Å². The predicted octanol–water partition coefficient (Wildman–Crippen LogP) is 2.23. The van der Waals surface area contributed by atoms with Crippen molar-refractivity contribution in [3.05, 3.63) is 35.4 Å². The molecule has 0 saturated carbocycles. The van der Waals surface area contributed by atoms with E-state index in [1.165, 1.54) is 0 Å². The third-order valence-corrected chi connectivity index (χ3v) is 6.44. The van der Waals surface area contributed by atoms with E-state index in [0.29, 0.717) is 30.5 Å². The van der Waals surface area contributed by atoms with E-state index in [0.717, 1.165) is 18.4 Å². The largest absolute Gasteiger partial charge is 0.373 e. The molecule has 0 heterocycles. The van der Waals surface area contributed by atoms with Crippen molar-refractivity contribution in [2.45, 2.75) is 24.5 Å². The van der Waals surface area contributed by atoms with Gasteiger partial charge in [-0.05, 0) is 24.7 Å². The Labute approximate surface area is 164 Å². The first kappa shape index (κ1) is 23.0. The number of amides is 1. The molecule has 0 bridgehead atoms. The Hall–Kier alpha value is -1.06. The Balaban J connectivity index is 2.63. The van der Waals surface area contributed by atoms with Gasteiger partial charge in [0.05, 0.1) is 12.0 Å². The van der Waals surface area contributed by atoms with E-state index >= 15 is 0 Å². The Morgan fingerprint density at radius 1 is 1.15 bits per heavy atom. The van der Waals surface area contributed by atoms with Crippen LogP contribution < -0.4 is 16.0 Å². The molecule has 26 heavy (non-hydrogen) atoms. The summed E-state index contributed by atoms with van der Waals surface area (Å²) in [5.74, 6) is -0.0669. The van der Waals surface area contributed by atoms with Crippen LogP contribution in [0, 0.1) is 0 Å². The van der Waals surface area contributed by atoms with Crippen molar-refractivity contribution < 1.29 is 14.3 Å². The molecule has 0 aliphatic carbocycles. The normalized spacial score (nSPS) is 12.2. The van der Waals surface area contributed by atoms with Crippen molar-refractivity contribution in [2.75, 3.05) is 39.9 Å². The number of nitrogens with one attached hydrogen (secondary N) is 3. The molecule has 6 nitrogen and oxygen atoms in total. The summed E-state index contributed by atoms with van der Waals surface area (Å²) in [6.45, 7) is 6.90. The van der Waals surface area contributed by atoms with Crippen molar-refractivity contribution in [1.82, 2.24) is 16.0 Å². The minimum Gasteiger partial charge on any atom is -0.373 e. The van der Waals surface area contributed by atoms with Gasteiger partial charge in [-0.2, -0.15) is 0 Å². The highest BCUT2D eigenvalue weighted by molar-refractivity contribution is 8.76. The number of carbonyl (C=O) groups excluding carboxylic acids is 2. The molecular weight excluding hydrogens is 370 g/mol. The Bertz CT molecular complexity index is 527. The molecule has 0 fully saturated rings. The molecule has 8 heteroatoms. The average molecular weight is 400 g/mol. The first-order valence-corrected chi connectivity index (χ1v) is 11.0. The summed E-state index contributed by atoms with van der Waals surface area (Å²) in [4.78, 5) is 22.4. The van der Waals surface area contributed by atoms with E-state index in [1.54, 1.807) is 21.6 Å². The monoisotopic (exact) mass is 399 g/mol. The van der Waals surface area contributed by atoms with Gasteiger partial charge in [0.25, 0.3) is 5.91 Å². The summed E-state index contributed by atoms with van der Waals surface area (Å²) >= 11 is 0. The predicted molar refractivity (Wildman–Crippen MR) is 111 cm³/mol. The van der Waals surface area contributed by atoms with E-state index in [9.17, 15) is 9.59 Å². The minimum absolute atomic E-state index is 0.0669. The van der Waals surface area contributed by atoms with Gasteiger partial charge in [-0.3, -0.25) is 10.1 Å². The second-order valence-electron chi connectivity index (χ2n) is 5.80. The van der Waals surface area contributed by atoms with Crippen LogP contribution in [0.3, 0.4) is 0 Å². The fraction of sp³-hybridized carbons (Fsp3) is 0.556. The lowest BCUT2D eigenvalue weighted by Crippen LogP contribution is -2.30. The van der Waals surface area contributed by atoms with Gasteiger partial charge in [0, 0.05) is 30.4 Å². The summed E-state index contributed by atoms with van der Waals surface area (Å²) in [5.41, 5.74) is 1.75. The molecule has 0 saturated heterocycles. The van der Waals surface area contributed by atoms with E-state index in [4.69, 9.17) is 4.74 Å². The number of aldehydes is 1. The molecule has 146 valence electrons. The van der Waals surface area contributed by atoms with Gasteiger partial charge in [0.2, 0.25) is 0 Å². The quantitative estimate of drug-likeness (QED) is 0.192. The molecule has 3 N–H and O–H groups in total. The van der Waals surface area contributed by atoms with Crippen LogP contribution in [0.4, 0.5) is 0 Å². The SMILES string of the molecule is CNCCNC(=O)c1ccc(C(NCCOCC=O)SSC(C)C)cc1. The first-order chi connectivity index (χ1) is 12.6. The fourth-order valence-corrected chi connectivity index (χ4v) is 4.31. The van der Waals surface area contributed by atoms with Crippen molar-refractivity contribution in [3.63, 3.8) is 0 Å². The van der Waals surface area contributed by atoms with Crippen LogP contribution in [-0.2, 0) is 9.53 Å². The summed E-state index contributed by atoms with van der Waals surface area (Å²) < 4.78 is 5.19. The highest BCUT2D eigenvalue weighted by atomic mass is 33.1. The highest BCUT2D eigenvalue weighted by Gasteiger charge is 2.14. The van der Waals surface area contributed by atoms with Crippen molar-refractivity contribution in [2.24, 2.45) is 0 Å².